The third kappa shape index (κ3) is 3.83. The number of amides is 1. The third-order valence-corrected chi connectivity index (χ3v) is 6.40. The van der Waals surface area contributed by atoms with E-state index in [1.54, 1.807) is 18.3 Å². The van der Waals surface area contributed by atoms with Crippen molar-refractivity contribution in [1.82, 2.24) is 4.98 Å². The first-order chi connectivity index (χ1) is 15.2. The van der Waals surface area contributed by atoms with Gasteiger partial charge in [0, 0.05) is 17.1 Å². The zero-order valence-electron chi connectivity index (χ0n) is 17.5. The van der Waals surface area contributed by atoms with Gasteiger partial charge in [-0.1, -0.05) is 12.1 Å². The monoisotopic (exact) mass is 444 g/mol. The number of aromatic nitrogens is 1. The molecule has 1 aliphatic carbocycles. The van der Waals surface area contributed by atoms with Gasteiger partial charge in [0.15, 0.2) is 0 Å². The van der Waals surface area contributed by atoms with Crippen molar-refractivity contribution < 1.29 is 27.4 Å². The van der Waals surface area contributed by atoms with E-state index in [-0.39, 0.29) is 17.9 Å². The summed E-state index contributed by atoms with van der Waals surface area (Å²) in [5.41, 5.74) is 1.35. The van der Waals surface area contributed by atoms with Crippen LogP contribution in [-0.4, -0.2) is 30.2 Å². The Bertz CT molecular complexity index is 1140. The minimum absolute atomic E-state index is 0.00256. The maximum atomic E-state index is 12.7. The molecule has 2 N–H and O–H groups in total. The zero-order chi connectivity index (χ0) is 22.5. The molecule has 3 aromatic rings. The highest BCUT2D eigenvalue weighted by Crippen LogP contribution is 2.41. The molecule has 2 aromatic carbocycles. The normalized spacial score (nSPS) is 22.1. The lowest BCUT2D eigenvalue weighted by molar-refractivity contribution is -0.151. The van der Waals surface area contributed by atoms with Gasteiger partial charge in [0.1, 0.15) is 5.75 Å². The van der Waals surface area contributed by atoms with Crippen molar-refractivity contribution >= 4 is 22.5 Å². The molecule has 8 heteroatoms. The second-order valence-electron chi connectivity index (χ2n) is 8.95. The molecular weight excluding hydrogens is 421 g/mol. The molecule has 0 bridgehead atoms. The molecule has 1 saturated carbocycles. The van der Waals surface area contributed by atoms with Gasteiger partial charge in [-0.2, -0.15) is 13.2 Å². The maximum Gasteiger partial charge on any atom is 0.416 e. The van der Waals surface area contributed by atoms with Crippen molar-refractivity contribution in [2.24, 2.45) is 5.41 Å². The van der Waals surface area contributed by atoms with E-state index in [9.17, 15) is 18.0 Å². The van der Waals surface area contributed by atoms with Gasteiger partial charge in [-0.15, -0.1) is 0 Å². The number of rotatable bonds is 5. The summed E-state index contributed by atoms with van der Waals surface area (Å²) in [7, 11) is 0. The molecule has 1 saturated heterocycles. The smallest absolute Gasteiger partial charge is 0.416 e. The SMILES string of the molecule is CC1(C(=O)Nc2c[nH]c3ccc(OC4CC(c5ccc(C(F)(F)F)cc5)C4)cc23)COC1. The van der Waals surface area contributed by atoms with E-state index in [0.717, 1.165) is 41.4 Å². The lowest BCUT2D eigenvalue weighted by Gasteiger charge is -2.36. The molecule has 0 atom stereocenters. The number of nitrogens with one attached hydrogen (secondary N) is 2. The Morgan fingerprint density at radius 2 is 1.88 bits per heavy atom. The van der Waals surface area contributed by atoms with Crippen LogP contribution in [0.1, 0.15) is 36.8 Å². The minimum Gasteiger partial charge on any atom is -0.490 e. The number of alkyl halides is 3. The number of H-pyrrole nitrogens is 1. The fraction of sp³-hybridized carbons (Fsp3) is 0.375. The van der Waals surface area contributed by atoms with Gasteiger partial charge >= 0.3 is 6.18 Å². The molecule has 2 aliphatic rings. The third-order valence-electron chi connectivity index (χ3n) is 6.40. The second-order valence-corrected chi connectivity index (χ2v) is 8.95. The second kappa shape index (κ2) is 7.55. The van der Waals surface area contributed by atoms with Crippen LogP contribution < -0.4 is 10.1 Å². The predicted molar refractivity (Wildman–Crippen MR) is 114 cm³/mol. The summed E-state index contributed by atoms with van der Waals surface area (Å²) >= 11 is 0. The van der Waals surface area contributed by atoms with E-state index in [1.165, 1.54) is 0 Å². The number of benzene rings is 2. The van der Waals surface area contributed by atoms with Crippen molar-refractivity contribution in [3.63, 3.8) is 0 Å². The maximum absolute atomic E-state index is 12.7. The molecule has 1 aromatic heterocycles. The number of fused-ring (bicyclic) bond motifs is 1. The van der Waals surface area contributed by atoms with E-state index in [2.05, 4.69) is 10.3 Å². The van der Waals surface area contributed by atoms with Crippen molar-refractivity contribution in [2.75, 3.05) is 18.5 Å². The predicted octanol–water partition coefficient (Wildman–Crippen LogP) is 5.49. The van der Waals surface area contributed by atoms with E-state index in [4.69, 9.17) is 9.47 Å². The van der Waals surface area contributed by atoms with Gasteiger partial charge in [-0.25, -0.2) is 0 Å². The van der Waals surface area contributed by atoms with Crippen LogP contribution in [0.15, 0.2) is 48.7 Å². The van der Waals surface area contributed by atoms with Crippen LogP contribution in [0.25, 0.3) is 10.9 Å². The Kier molecular flexibility index (Phi) is 4.93. The average Bonchev–Trinajstić information content (AvgIpc) is 3.10. The van der Waals surface area contributed by atoms with Gasteiger partial charge in [-0.05, 0) is 61.6 Å². The number of carbonyl (C=O) groups excluding carboxylic acids is 1. The van der Waals surface area contributed by atoms with Gasteiger partial charge in [0.25, 0.3) is 0 Å². The van der Waals surface area contributed by atoms with Crippen molar-refractivity contribution in [1.29, 1.82) is 0 Å². The summed E-state index contributed by atoms with van der Waals surface area (Å²) in [6.45, 7) is 2.70. The number of anilines is 1. The highest BCUT2D eigenvalue weighted by atomic mass is 19.4. The molecule has 5 nitrogen and oxygen atoms in total. The van der Waals surface area contributed by atoms with Gasteiger partial charge in [0.05, 0.1) is 36.0 Å². The molecule has 5 rings (SSSR count). The first-order valence-electron chi connectivity index (χ1n) is 10.6. The molecule has 0 radical (unpaired) electrons. The van der Waals surface area contributed by atoms with Crippen LogP contribution >= 0.6 is 0 Å². The molecule has 1 amide bonds. The highest BCUT2D eigenvalue weighted by molar-refractivity contribution is 6.04. The highest BCUT2D eigenvalue weighted by Gasteiger charge is 2.41. The first-order valence-corrected chi connectivity index (χ1v) is 10.6. The van der Waals surface area contributed by atoms with Crippen molar-refractivity contribution in [2.45, 2.75) is 38.0 Å². The Balaban J connectivity index is 1.22. The van der Waals surface area contributed by atoms with Crippen molar-refractivity contribution in [3.8, 4) is 5.75 Å². The summed E-state index contributed by atoms with van der Waals surface area (Å²) in [6.07, 6.45) is -1.05. The Labute approximate surface area is 182 Å². The molecule has 0 spiro atoms. The van der Waals surface area contributed by atoms with Gasteiger partial charge in [0.2, 0.25) is 5.91 Å². The number of ether oxygens (including phenoxy) is 2. The number of halogens is 3. The van der Waals surface area contributed by atoms with E-state index >= 15 is 0 Å². The summed E-state index contributed by atoms with van der Waals surface area (Å²) in [6, 6.07) is 11.0. The Hall–Kier alpha value is -3.00. The fourth-order valence-electron chi connectivity index (χ4n) is 4.16. The number of carbonyl (C=O) groups is 1. The molecule has 2 heterocycles. The van der Waals surface area contributed by atoms with Crippen LogP contribution in [-0.2, 0) is 15.7 Å². The van der Waals surface area contributed by atoms with Crippen LogP contribution in [0, 0.1) is 5.41 Å². The number of aromatic amines is 1. The average molecular weight is 444 g/mol. The molecule has 168 valence electrons. The molecule has 0 unspecified atom stereocenters. The van der Waals surface area contributed by atoms with Gasteiger partial charge < -0.3 is 19.8 Å². The van der Waals surface area contributed by atoms with Crippen LogP contribution in [0.2, 0.25) is 0 Å². The number of hydrogen-bond donors (Lipinski definition) is 2. The zero-order valence-corrected chi connectivity index (χ0v) is 17.5. The molecule has 2 fully saturated rings. The van der Waals surface area contributed by atoms with Crippen LogP contribution in [0.4, 0.5) is 18.9 Å². The quantitative estimate of drug-likeness (QED) is 0.547. The lowest BCUT2D eigenvalue weighted by Crippen LogP contribution is -2.49. The van der Waals surface area contributed by atoms with Crippen molar-refractivity contribution in [3.05, 3.63) is 59.8 Å². The number of hydrogen-bond acceptors (Lipinski definition) is 3. The minimum atomic E-state index is -4.32. The largest absolute Gasteiger partial charge is 0.490 e. The summed E-state index contributed by atoms with van der Waals surface area (Å²) in [5.74, 6) is 0.814. The molecule has 1 aliphatic heterocycles. The topological polar surface area (TPSA) is 63.4 Å². The lowest BCUT2D eigenvalue weighted by atomic mass is 9.77. The first kappa shape index (κ1) is 20.9. The van der Waals surface area contributed by atoms with Crippen LogP contribution in [0.3, 0.4) is 0 Å². The van der Waals surface area contributed by atoms with E-state index in [0.29, 0.717) is 24.7 Å². The summed E-state index contributed by atoms with van der Waals surface area (Å²) < 4.78 is 49.5. The molecular formula is C24H23F3N2O3. The van der Waals surface area contributed by atoms with E-state index < -0.39 is 17.2 Å². The van der Waals surface area contributed by atoms with E-state index in [1.807, 2.05) is 25.1 Å². The standard InChI is InChI=1S/C24H23F3N2O3/c1-23(12-31-13-23)22(30)29-21-11-28-20-7-6-17(10-19(20)21)32-18-8-15(9-18)14-2-4-16(5-3-14)24(25,26)27/h2-7,10-11,15,18,28H,8-9,12-13H2,1H3,(H,29,30). The Morgan fingerprint density at radius 1 is 1.16 bits per heavy atom. The summed E-state index contributed by atoms with van der Waals surface area (Å²) in [4.78, 5) is 15.7. The summed E-state index contributed by atoms with van der Waals surface area (Å²) in [5, 5.41) is 3.83. The Morgan fingerprint density at radius 3 is 2.50 bits per heavy atom. The van der Waals surface area contributed by atoms with Gasteiger partial charge in [-0.3, -0.25) is 4.79 Å². The fourth-order valence-corrected chi connectivity index (χ4v) is 4.16. The molecule has 32 heavy (non-hydrogen) atoms. The van der Waals surface area contributed by atoms with Crippen LogP contribution in [0.5, 0.6) is 5.75 Å².